The van der Waals surface area contributed by atoms with E-state index >= 15 is 0 Å². The van der Waals surface area contributed by atoms with E-state index in [-0.39, 0.29) is 23.9 Å². The molecular weight excluding hydrogens is 386 g/mol. The number of hydrogen-bond acceptors (Lipinski definition) is 7. The second kappa shape index (κ2) is 8.27. The summed E-state index contributed by atoms with van der Waals surface area (Å²) < 4.78 is 5.52. The van der Waals surface area contributed by atoms with E-state index in [4.69, 9.17) is 9.84 Å². The number of carboxylic acids is 2. The van der Waals surface area contributed by atoms with Crippen molar-refractivity contribution in [3.63, 3.8) is 0 Å². The predicted molar refractivity (Wildman–Crippen MR) is 98.4 cm³/mol. The Balaban J connectivity index is 1.98. The number of aliphatic carboxylic acids is 1. The lowest BCUT2D eigenvalue weighted by atomic mass is 10.1. The van der Waals surface area contributed by atoms with Crippen LogP contribution in [0.25, 0.3) is 0 Å². The van der Waals surface area contributed by atoms with Crippen molar-refractivity contribution in [3.8, 4) is 0 Å². The van der Waals surface area contributed by atoms with Gasteiger partial charge in [0.05, 0.1) is 29.6 Å². The van der Waals surface area contributed by atoms with Crippen molar-refractivity contribution in [2.75, 3.05) is 18.1 Å². The van der Waals surface area contributed by atoms with Crippen LogP contribution >= 0.6 is 0 Å². The van der Waals surface area contributed by atoms with Crippen molar-refractivity contribution < 1.29 is 34.3 Å². The summed E-state index contributed by atoms with van der Waals surface area (Å²) >= 11 is 0. The number of ether oxygens (including phenoxy) is 1. The highest BCUT2D eigenvalue weighted by Crippen LogP contribution is 2.34. The van der Waals surface area contributed by atoms with Crippen LogP contribution in [0.3, 0.4) is 0 Å². The van der Waals surface area contributed by atoms with Gasteiger partial charge in [-0.3, -0.25) is 19.7 Å². The summed E-state index contributed by atoms with van der Waals surface area (Å²) in [6, 6.07) is 2.03. The molecular formula is C18H19N3O8. The molecule has 1 aromatic rings. The van der Waals surface area contributed by atoms with Crippen molar-refractivity contribution in [1.29, 1.82) is 0 Å². The standard InChI is InChI=1S/C18H19N3O8/c22-16(23)9-15-17(24)19(10-12-2-1-7-29-12)5-6-20(15)13-4-3-11(18(25)26)8-14(13)21(27)28/h3-6,8,12,15H,1-2,7,9-10H2,(H,22,23)(H,25,26)/t12?,15-/m0/s1. The Kier molecular flexibility index (Phi) is 5.78. The summed E-state index contributed by atoms with van der Waals surface area (Å²) in [6.45, 7) is 0.864. The zero-order valence-electron chi connectivity index (χ0n) is 15.3. The summed E-state index contributed by atoms with van der Waals surface area (Å²) in [7, 11) is 0. The van der Waals surface area contributed by atoms with Gasteiger partial charge in [-0.2, -0.15) is 0 Å². The Hall–Kier alpha value is -3.47. The molecule has 0 spiro atoms. The highest BCUT2D eigenvalue weighted by molar-refractivity contribution is 5.94. The summed E-state index contributed by atoms with van der Waals surface area (Å²) in [4.78, 5) is 48.7. The number of amides is 1. The first-order valence-electron chi connectivity index (χ1n) is 8.90. The van der Waals surface area contributed by atoms with Crippen LogP contribution in [0.2, 0.25) is 0 Å². The van der Waals surface area contributed by atoms with Gasteiger partial charge in [-0.25, -0.2) is 4.79 Å². The lowest BCUT2D eigenvalue weighted by molar-refractivity contribution is -0.384. The molecule has 1 fully saturated rings. The maximum absolute atomic E-state index is 12.9. The van der Waals surface area contributed by atoms with Crippen LogP contribution in [0.4, 0.5) is 11.4 Å². The van der Waals surface area contributed by atoms with Crippen LogP contribution in [0.1, 0.15) is 29.6 Å². The Morgan fingerprint density at radius 3 is 2.62 bits per heavy atom. The number of anilines is 1. The van der Waals surface area contributed by atoms with Crippen LogP contribution in [0.5, 0.6) is 0 Å². The molecule has 154 valence electrons. The van der Waals surface area contributed by atoms with E-state index in [1.165, 1.54) is 34.3 Å². The monoisotopic (exact) mass is 405 g/mol. The molecule has 2 aliphatic rings. The maximum atomic E-state index is 12.9. The number of rotatable bonds is 7. The van der Waals surface area contributed by atoms with E-state index in [2.05, 4.69) is 0 Å². The fourth-order valence-electron chi connectivity index (χ4n) is 3.42. The lowest BCUT2D eigenvalue weighted by Crippen LogP contribution is -2.51. The zero-order valence-corrected chi connectivity index (χ0v) is 15.3. The highest BCUT2D eigenvalue weighted by atomic mass is 16.6. The van der Waals surface area contributed by atoms with Gasteiger partial charge in [0.15, 0.2) is 0 Å². The van der Waals surface area contributed by atoms with E-state index in [1.807, 2.05) is 0 Å². The van der Waals surface area contributed by atoms with Gasteiger partial charge >= 0.3 is 11.9 Å². The van der Waals surface area contributed by atoms with Crippen molar-refractivity contribution >= 4 is 29.2 Å². The van der Waals surface area contributed by atoms with E-state index in [0.717, 1.165) is 18.9 Å². The molecule has 11 heteroatoms. The van der Waals surface area contributed by atoms with Crippen LogP contribution in [-0.2, 0) is 14.3 Å². The molecule has 2 heterocycles. The molecule has 0 saturated carbocycles. The van der Waals surface area contributed by atoms with Gasteiger partial charge in [0, 0.05) is 25.1 Å². The molecule has 1 saturated heterocycles. The van der Waals surface area contributed by atoms with Crippen molar-refractivity contribution in [2.24, 2.45) is 0 Å². The van der Waals surface area contributed by atoms with E-state index < -0.39 is 40.9 Å². The predicted octanol–water partition coefficient (Wildman–Crippen LogP) is 1.44. The second-order valence-electron chi connectivity index (χ2n) is 6.71. The number of nitro groups is 1. The topological polar surface area (TPSA) is 151 Å². The normalized spacial score (nSPS) is 21.4. The quantitative estimate of drug-likeness (QED) is 0.507. The SMILES string of the molecule is O=C(O)C[C@H]1C(=O)N(CC2CCCO2)C=CN1c1ccc(C(=O)O)cc1[N+](=O)[O-]. The molecule has 2 atom stereocenters. The van der Waals surface area contributed by atoms with Crippen LogP contribution in [0.15, 0.2) is 30.6 Å². The second-order valence-corrected chi connectivity index (χ2v) is 6.71. The third-order valence-electron chi connectivity index (χ3n) is 4.80. The lowest BCUT2D eigenvalue weighted by Gasteiger charge is -2.36. The van der Waals surface area contributed by atoms with Crippen LogP contribution < -0.4 is 4.90 Å². The fourth-order valence-corrected chi connectivity index (χ4v) is 3.42. The molecule has 2 aliphatic heterocycles. The van der Waals surface area contributed by atoms with Crippen molar-refractivity contribution in [3.05, 3.63) is 46.3 Å². The van der Waals surface area contributed by atoms with Crippen LogP contribution in [0, 0.1) is 10.1 Å². The molecule has 3 rings (SSSR count). The number of aromatic carboxylic acids is 1. The average Bonchev–Trinajstić information content (AvgIpc) is 3.17. The van der Waals surface area contributed by atoms with Crippen LogP contribution in [-0.4, -0.2) is 63.2 Å². The number of carboxylic acid groups (broad SMARTS) is 2. The first kappa shape index (κ1) is 20.3. The number of benzene rings is 1. The Labute approximate surface area is 164 Å². The third kappa shape index (κ3) is 4.35. The minimum atomic E-state index is -1.34. The Morgan fingerprint density at radius 2 is 2.03 bits per heavy atom. The number of nitrogens with zero attached hydrogens (tertiary/aromatic N) is 3. The molecule has 11 nitrogen and oxygen atoms in total. The molecule has 2 N–H and O–H groups in total. The minimum absolute atomic E-state index is 0.0624. The smallest absolute Gasteiger partial charge is 0.335 e. The Morgan fingerprint density at radius 1 is 1.28 bits per heavy atom. The number of carbonyl (C=O) groups is 3. The summed E-state index contributed by atoms with van der Waals surface area (Å²) in [6.07, 6.45) is 3.76. The summed E-state index contributed by atoms with van der Waals surface area (Å²) in [5.41, 5.74) is -0.888. The number of hydrogen-bond donors (Lipinski definition) is 2. The first-order chi connectivity index (χ1) is 13.8. The largest absolute Gasteiger partial charge is 0.481 e. The zero-order chi connectivity index (χ0) is 21.1. The van der Waals surface area contributed by atoms with Gasteiger partial charge in [-0.15, -0.1) is 0 Å². The number of carbonyl (C=O) groups excluding carboxylic acids is 1. The molecule has 1 amide bonds. The first-order valence-corrected chi connectivity index (χ1v) is 8.90. The van der Waals surface area contributed by atoms with Gasteiger partial charge in [0.2, 0.25) is 5.91 Å². The van der Waals surface area contributed by atoms with E-state index in [0.29, 0.717) is 6.61 Å². The van der Waals surface area contributed by atoms with E-state index in [9.17, 15) is 29.6 Å². The molecule has 1 unspecified atom stereocenters. The molecule has 0 bridgehead atoms. The number of nitro benzene ring substituents is 1. The molecule has 29 heavy (non-hydrogen) atoms. The van der Waals surface area contributed by atoms with Gasteiger partial charge in [0.25, 0.3) is 5.69 Å². The molecule has 0 aromatic heterocycles. The summed E-state index contributed by atoms with van der Waals surface area (Å²) in [5, 5.41) is 29.8. The molecule has 0 aliphatic carbocycles. The molecule has 0 radical (unpaired) electrons. The van der Waals surface area contributed by atoms with E-state index in [1.54, 1.807) is 0 Å². The van der Waals surface area contributed by atoms with Gasteiger partial charge in [-0.05, 0) is 25.0 Å². The summed E-state index contributed by atoms with van der Waals surface area (Å²) in [5.74, 6) is -3.11. The van der Waals surface area contributed by atoms with Gasteiger partial charge in [-0.1, -0.05) is 0 Å². The van der Waals surface area contributed by atoms with Gasteiger partial charge < -0.3 is 24.7 Å². The van der Waals surface area contributed by atoms with Crippen molar-refractivity contribution in [1.82, 2.24) is 4.90 Å². The fraction of sp³-hybridized carbons (Fsp3) is 0.389. The van der Waals surface area contributed by atoms with Gasteiger partial charge in [0.1, 0.15) is 11.7 Å². The van der Waals surface area contributed by atoms with Crippen molar-refractivity contribution in [2.45, 2.75) is 31.4 Å². The highest BCUT2D eigenvalue weighted by Gasteiger charge is 2.37. The molecule has 1 aromatic carbocycles. The maximum Gasteiger partial charge on any atom is 0.335 e. The minimum Gasteiger partial charge on any atom is -0.481 e. The average molecular weight is 405 g/mol. The Bertz CT molecular complexity index is 878. The third-order valence-corrected chi connectivity index (χ3v) is 4.80.